The van der Waals surface area contributed by atoms with Crippen LogP contribution in [0.25, 0.3) is 0 Å². The van der Waals surface area contributed by atoms with Crippen LogP contribution in [0.1, 0.15) is 18.4 Å². The van der Waals surface area contributed by atoms with E-state index in [1.165, 1.54) is 0 Å². The summed E-state index contributed by atoms with van der Waals surface area (Å²) in [6.45, 7) is 0.936. The Kier molecular flexibility index (Phi) is 4.26. The molecular weight excluding hydrogens is 259 g/mol. The third-order valence-electron chi connectivity index (χ3n) is 2.54. The molecule has 0 bridgehead atoms. The average molecular weight is 273 g/mol. The van der Waals surface area contributed by atoms with Gasteiger partial charge in [0.25, 0.3) is 0 Å². The zero-order valence-electron chi connectivity index (χ0n) is 9.30. The molecule has 2 rings (SSSR count). The molecule has 0 aromatic heterocycles. The van der Waals surface area contributed by atoms with E-state index in [0.29, 0.717) is 29.2 Å². The molecule has 1 aliphatic rings. The van der Waals surface area contributed by atoms with Crippen LogP contribution in [-0.4, -0.2) is 18.5 Å². The molecule has 92 valence electrons. The van der Waals surface area contributed by atoms with Gasteiger partial charge in [-0.3, -0.25) is 4.79 Å². The predicted molar refractivity (Wildman–Crippen MR) is 69.3 cm³/mol. The lowest BCUT2D eigenvalue weighted by molar-refractivity contribution is -0.120. The molecule has 0 heterocycles. The first-order valence-corrected chi connectivity index (χ1v) is 6.35. The summed E-state index contributed by atoms with van der Waals surface area (Å²) in [6.07, 6.45) is 2.22. The molecule has 17 heavy (non-hydrogen) atoms. The molecule has 1 aromatic carbocycles. The lowest BCUT2D eigenvalue weighted by Gasteiger charge is -2.06. The Hall–Kier alpha value is -0.770. The summed E-state index contributed by atoms with van der Waals surface area (Å²) < 4.78 is 0. The van der Waals surface area contributed by atoms with Crippen molar-refractivity contribution in [1.29, 1.82) is 0 Å². The zero-order chi connectivity index (χ0) is 12.3. The largest absolute Gasteiger partial charge is 0.352 e. The highest BCUT2D eigenvalue weighted by molar-refractivity contribution is 6.42. The van der Waals surface area contributed by atoms with Gasteiger partial charge < -0.3 is 10.6 Å². The summed E-state index contributed by atoms with van der Waals surface area (Å²) >= 11 is 11.7. The van der Waals surface area contributed by atoms with Crippen molar-refractivity contribution in [3.63, 3.8) is 0 Å². The molecule has 0 radical (unpaired) electrons. The van der Waals surface area contributed by atoms with Crippen LogP contribution < -0.4 is 10.6 Å². The van der Waals surface area contributed by atoms with Gasteiger partial charge in [-0.2, -0.15) is 0 Å². The lowest BCUT2D eigenvalue weighted by atomic mass is 10.2. The number of hydrogen-bond acceptors (Lipinski definition) is 2. The number of amides is 1. The molecule has 0 aliphatic heterocycles. The van der Waals surface area contributed by atoms with E-state index >= 15 is 0 Å². The molecule has 0 spiro atoms. The van der Waals surface area contributed by atoms with Crippen LogP contribution in [0.15, 0.2) is 18.2 Å². The highest BCUT2D eigenvalue weighted by atomic mass is 35.5. The Balaban J connectivity index is 1.73. The summed E-state index contributed by atoms with van der Waals surface area (Å²) in [4.78, 5) is 11.4. The molecule has 2 N–H and O–H groups in total. The zero-order valence-corrected chi connectivity index (χ0v) is 10.8. The van der Waals surface area contributed by atoms with E-state index < -0.39 is 0 Å². The van der Waals surface area contributed by atoms with Crippen molar-refractivity contribution < 1.29 is 4.79 Å². The summed E-state index contributed by atoms with van der Waals surface area (Å²) in [7, 11) is 0. The van der Waals surface area contributed by atoms with Gasteiger partial charge in [-0.1, -0.05) is 29.3 Å². The van der Waals surface area contributed by atoms with E-state index in [9.17, 15) is 4.79 Å². The van der Waals surface area contributed by atoms with Crippen molar-refractivity contribution in [2.24, 2.45) is 0 Å². The Morgan fingerprint density at radius 2 is 2.06 bits per heavy atom. The summed E-state index contributed by atoms with van der Waals surface area (Å²) in [5, 5.41) is 7.06. The fourth-order valence-electron chi connectivity index (χ4n) is 1.48. The highest BCUT2D eigenvalue weighted by Crippen LogP contribution is 2.22. The van der Waals surface area contributed by atoms with Crippen LogP contribution in [0, 0.1) is 0 Å². The SMILES string of the molecule is O=C(CNCc1ccc(Cl)c(Cl)c1)NC1CC1. The third kappa shape index (κ3) is 4.19. The smallest absolute Gasteiger partial charge is 0.234 e. The van der Waals surface area contributed by atoms with Gasteiger partial charge in [-0.25, -0.2) is 0 Å². The monoisotopic (exact) mass is 272 g/mol. The summed E-state index contributed by atoms with van der Waals surface area (Å²) in [5.41, 5.74) is 1.01. The molecule has 1 aromatic rings. The summed E-state index contributed by atoms with van der Waals surface area (Å²) in [5.74, 6) is 0.0487. The average Bonchev–Trinajstić information content (AvgIpc) is 3.07. The van der Waals surface area contributed by atoms with Crippen molar-refractivity contribution in [3.8, 4) is 0 Å². The molecule has 0 saturated heterocycles. The van der Waals surface area contributed by atoms with Crippen LogP contribution in [0.3, 0.4) is 0 Å². The standard InChI is InChI=1S/C12H14Cl2N2O/c13-10-4-1-8(5-11(10)14)6-15-7-12(17)16-9-2-3-9/h1,4-5,9,15H,2-3,6-7H2,(H,16,17). The van der Waals surface area contributed by atoms with Gasteiger partial charge in [0.05, 0.1) is 16.6 Å². The molecule has 0 unspecified atom stereocenters. The van der Waals surface area contributed by atoms with E-state index in [1.807, 2.05) is 6.07 Å². The van der Waals surface area contributed by atoms with Crippen molar-refractivity contribution in [2.75, 3.05) is 6.54 Å². The minimum atomic E-state index is 0.0487. The lowest BCUT2D eigenvalue weighted by Crippen LogP contribution is -2.34. The van der Waals surface area contributed by atoms with E-state index in [2.05, 4.69) is 10.6 Å². The number of hydrogen-bond donors (Lipinski definition) is 2. The number of benzene rings is 1. The minimum Gasteiger partial charge on any atom is -0.352 e. The van der Waals surface area contributed by atoms with Crippen molar-refractivity contribution in [2.45, 2.75) is 25.4 Å². The molecule has 1 aliphatic carbocycles. The van der Waals surface area contributed by atoms with Crippen LogP contribution in [0.4, 0.5) is 0 Å². The molecule has 1 saturated carbocycles. The van der Waals surface area contributed by atoms with Crippen LogP contribution >= 0.6 is 23.2 Å². The number of halogens is 2. The topological polar surface area (TPSA) is 41.1 Å². The third-order valence-corrected chi connectivity index (χ3v) is 3.28. The fraction of sp³-hybridized carbons (Fsp3) is 0.417. The highest BCUT2D eigenvalue weighted by Gasteiger charge is 2.22. The molecule has 5 heteroatoms. The maximum Gasteiger partial charge on any atom is 0.234 e. The predicted octanol–water partition coefficient (Wildman–Crippen LogP) is 2.36. The van der Waals surface area contributed by atoms with Crippen LogP contribution in [-0.2, 0) is 11.3 Å². The van der Waals surface area contributed by atoms with Crippen LogP contribution in [0.2, 0.25) is 10.0 Å². The summed E-state index contributed by atoms with van der Waals surface area (Å²) in [6, 6.07) is 5.86. The van der Waals surface area contributed by atoms with E-state index in [1.54, 1.807) is 12.1 Å². The van der Waals surface area contributed by atoms with Gasteiger partial charge in [-0.05, 0) is 30.5 Å². The Morgan fingerprint density at radius 3 is 2.71 bits per heavy atom. The van der Waals surface area contributed by atoms with Gasteiger partial charge in [0.2, 0.25) is 5.91 Å². The van der Waals surface area contributed by atoms with E-state index in [0.717, 1.165) is 18.4 Å². The molecule has 3 nitrogen and oxygen atoms in total. The second-order valence-electron chi connectivity index (χ2n) is 4.19. The number of carbonyl (C=O) groups is 1. The van der Waals surface area contributed by atoms with Crippen molar-refractivity contribution in [3.05, 3.63) is 33.8 Å². The molecule has 1 amide bonds. The molecule has 1 fully saturated rings. The Bertz CT molecular complexity index is 419. The Labute approximate surface area is 110 Å². The van der Waals surface area contributed by atoms with Crippen molar-refractivity contribution in [1.82, 2.24) is 10.6 Å². The van der Waals surface area contributed by atoms with Gasteiger partial charge >= 0.3 is 0 Å². The second kappa shape index (κ2) is 5.71. The number of carbonyl (C=O) groups excluding carboxylic acids is 1. The first-order valence-electron chi connectivity index (χ1n) is 5.59. The number of nitrogens with one attached hydrogen (secondary N) is 2. The molecule has 0 atom stereocenters. The first kappa shape index (κ1) is 12.7. The fourth-order valence-corrected chi connectivity index (χ4v) is 1.80. The minimum absolute atomic E-state index is 0.0487. The molecular formula is C12H14Cl2N2O. The normalized spacial score (nSPS) is 14.7. The number of rotatable bonds is 5. The van der Waals surface area contributed by atoms with E-state index in [4.69, 9.17) is 23.2 Å². The van der Waals surface area contributed by atoms with Gasteiger partial charge in [0, 0.05) is 12.6 Å². The maximum absolute atomic E-state index is 11.4. The van der Waals surface area contributed by atoms with Gasteiger partial charge in [0.15, 0.2) is 0 Å². The van der Waals surface area contributed by atoms with E-state index in [-0.39, 0.29) is 5.91 Å². The quantitative estimate of drug-likeness (QED) is 0.864. The van der Waals surface area contributed by atoms with Crippen molar-refractivity contribution >= 4 is 29.1 Å². The van der Waals surface area contributed by atoms with Gasteiger partial charge in [-0.15, -0.1) is 0 Å². The first-order chi connectivity index (χ1) is 8.15. The van der Waals surface area contributed by atoms with Gasteiger partial charge in [0.1, 0.15) is 0 Å². The van der Waals surface area contributed by atoms with Crippen LogP contribution in [0.5, 0.6) is 0 Å². The second-order valence-corrected chi connectivity index (χ2v) is 5.01. The maximum atomic E-state index is 11.4. The Morgan fingerprint density at radius 1 is 1.29 bits per heavy atom.